The van der Waals surface area contributed by atoms with Gasteiger partial charge in [0.15, 0.2) is 0 Å². The summed E-state index contributed by atoms with van der Waals surface area (Å²) >= 11 is 0. The summed E-state index contributed by atoms with van der Waals surface area (Å²) in [4.78, 5) is 14.3. The number of rotatable bonds is 3. The molecular formula is C17H25NO. The molecule has 2 rings (SSSR count). The predicted octanol–water partition coefficient (Wildman–Crippen LogP) is 3.57. The monoisotopic (exact) mass is 259 g/mol. The van der Waals surface area contributed by atoms with Crippen molar-refractivity contribution in [3.63, 3.8) is 0 Å². The lowest BCUT2D eigenvalue weighted by Gasteiger charge is -2.33. The molecule has 1 aliphatic rings. The molecule has 0 bridgehead atoms. The van der Waals surface area contributed by atoms with Gasteiger partial charge in [-0.1, -0.05) is 36.8 Å². The van der Waals surface area contributed by atoms with Crippen LogP contribution < -0.4 is 0 Å². The zero-order valence-corrected chi connectivity index (χ0v) is 12.4. The van der Waals surface area contributed by atoms with Crippen molar-refractivity contribution in [2.45, 2.75) is 52.0 Å². The largest absolute Gasteiger partial charge is 0.342 e. The standard InChI is InChI=1S/C17H25NO/c1-13-4-8-15(9-5-13)12-17(19)18(3)16-10-6-14(2)7-11-16/h4-5,8-9,14,16H,6-7,10-12H2,1-3H3. The van der Waals surface area contributed by atoms with Gasteiger partial charge in [-0.15, -0.1) is 0 Å². The van der Waals surface area contributed by atoms with Gasteiger partial charge in [0.1, 0.15) is 0 Å². The van der Waals surface area contributed by atoms with Crippen LogP contribution in [0.25, 0.3) is 0 Å². The number of benzene rings is 1. The minimum absolute atomic E-state index is 0.253. The van der Waals surface area contributed by atoms with E-state index in [-0.39, 0.29) is 5.91 Å². The number of aryl methyl sites for hydroxylation is 1. The van der Waals surface area contributed by atoms with Crippen LogP contribution in [0.3, 0.4) is 0 Å². The zero-order valence-electron chi connectivity index (χ0n) is 12.4. The molecule has 0 aliphatic heterocycles. The number of carbonyl (C=O) groups excluding carboxylic acids is 1. The van der Waals surface area contributed by atoms with Crippen LogP contribution in [0.2, 0.25) is 0 Å². The van der Waals surface area contributed by atoms with Crippen molar-refractivity contribution in [2.75, 3.05) is 7.05 Å². The lowest BCUT2D eigenvalue weighted by atomic mass is 9.86. The summed E-state index contributed by atoms with van der Waals surface area (Å²) < 4.78 is 0. The van der Waals surface area contributed by atoms with E-state index in [1.807, 2.05) is 11.9 Å². The average Bonchev–Trinajstić information content (AvgIpc) is 2.41. The molecule has 1 aromatic rings. The van der Waals surface area contributed by atoms with Crippen molar-refractivity contribution in [3.05, 3.63) is 35.4 Å². The van der Waals surface area contributed by atoms with E-state index in [1.54, 1.807) is 0 Å². The third kappa shape index (κ3) is 3.82. The van der Waals surface area contributed by atoms with E-state index in [0.717, 1.165) is 24.3 Å². The molecule has 0 aromatic heterocycles. The molecular weight excluding hydrogens is 234 g/mol. The van der Waals surface area contributed by atoms with E-state index in [9.17, 15) is 4.79 Å². The van der Waals surface area contributed by atoms with Gasteiger partial charge in [-0.2, -0.15) is 0 Å². The Labute approximate surface area is 116 Å². The Morgan fingerprint density at radius 2 is 1.74 bits per heavy atom. The number of amides is 1. The molecule has 1 amide bonds. The van der Waals surface area contributed by atoms with Gasteiger partial charge in [0.05, 0.1) is 6.42 Å². The fourth-order valence-corrected chi connectivity index (χ4v) is 2.84. The second kappa shape index (κ2) is 6.23. The first-order valence-corrected chi connectivity index (χ1v) is 7.37. The van der Waals surface area contributed by atoms with Crippen molar-refractivity contribution in [1.82, 2.24) is 4.90 Å². The van der Waals surface area contributed by atoms with Gasteiger partial charge in [-0.25, -0.2) is 0 Å². The van der Waals surface area contributed by atoms with Crippen molar-refractivity contribution >= 4 is 5.91 Å². The van der Waals surface area contributed by atoms with Gasteiger partial charge in [0, 0.05) is 13.1 Å². The van der Waals surface area contributed by atoms with Crippen molar-refractivity contribution in [1.29, 1.82) is 0 Å². The van der Waals surface area contributed by atoms with Gasteiger partial charge >= 0.3 is 0 Å². The van der Waals surface area contributed by atoms with Gasteiger partial charge in [0.2, 0.25) is 5.91 Å². The third-order valence-corrected chi connectivity index (χ3v) is 4.40. The molecule has 1 aliphatic carbocycles. The van der Waals surface area contributed by atoms with E-state index in [0.29, 0.717) is 12.5 Å². The smallest absolute Gasteiger partial charge is 0.226 e. The number of nitrogens with zero attached hydrogens (tertiary/aromatic N) is 1. The number of hydrogen-bond donors (Lipinski definition) is 0. The predicted molar refractivity (Wildman–Crippen MR) is 79.1 cm³/mol. The van der Waals surface area contributed by atoms with Crippen molar-refractivity contribution < 1.29 is 4.79 Å². The minimum atomic E-state index is 0.253. The molecule has 0 radical (unpaired) electrons. The second-order valence-corrected chi connectivity index (χ2v) is 6.08. The summed E-state index contributed by atoms with van der Waals surface area (Å²) in [6.07, 6.45) is 5.37. The van der Waals surface area contributed by atoms with Crippen LogP contribution in [0, 0.1) is 12.8 Å². The molecule has 2 heteroatoms. The Morgan fingerprint density at radius 1 is 1.16 bits per heavy atom. The topological polar surface area (TPSA) is 20.3 Å². The lowest BCUT2D eigenvalue weighted by molar-refractivity contribution is -0.132. The molecule has 0 spiro atoms. The van der Waals surface area contributed by atoms with E-state index in [1.165, 1.54) is 18.4 Å². The van der Waals surface area contributed by atoms with Crippen LogP contribution in [0.15, 0.2) is 24.3 Å². The van der Waals surface area contributed by atoms with Crippen LogP contribution in [-0.4, -0.2) is 23.9 Å². The summed E-state index contributed by atoms with van der Waals surface area (Å²) in [7, 11) is 1.97. The van der Waals surface area contributed by atoms with Crippen LogP contribution in [0.4, 0.5) is 0 Å². The number of hydrogen-bond acceptors (Lipinski definition) is 1. The quantitative estimate of drug-likeness (QED) is 0.812. The normalized spacial score (nSPS) is 23.1. The highest BCUT2D eigenvalue weighted by atomic mass is 16.2. The highest BCUT2D eigenvalue weighted by Crippen LogP contribution is 2.26. The van der Waals surface area contributed by atoms with Crippen LogP contribution in [-0.2, 0) is 11.2 Å². The van der Waals surface area contributed by atoms with Crippen LogP contribution in [0.5, 0.6) is 0 Å². The zero-order chi connectivity index (χ0) is 13.8. The Hall–Kier alpha value is -1.31. The summed E-state index contributed by atoms with van der Waals surface area (Å²) in [5.74, 6) is 1.08. The fourth-order valence-electron chi connectivity index (χ4n) is 2.84. The Morgan fingerprint density at radius 3 is 2.32 bits per heavy atom. The molecule has 19 heavy (non-hydrogen) atoms. The van der Waals surface area contributed by atoms with Crippen LogP contribution in [0.1, 0.15) is 43.7 Å². The molecule has 0 heterocycles. The van der Waals surface area contributed by atoms with E-state index in [4.69, 9.17) is 0 Å². The molecule has 0 unspecified atom stereocenters. The van der Waals surface area contributed by atoms with Gasteiger partial charge < -0.3 is 4.90 Å². The van der Waals surface area contributed by atoms with Gasteiger partial charge in [-0.3, -0.25) is 4.79 Å². The molecule has 1 aromatic carbocycles. The van der Waals surface area contributed by atoms with E-state index >= 15 is 0 Å². The number of likely N-dealkylation sites (N-methyl/N-ethyl adjacent to an activating group) is 1. The van der Waals surface area contributed by atoms with Crippen molar-refractivity contribution in [2.24, 2.45) is 5.92 Å². The molecule has 2 nitrogen and oxygen atoms in total. The highest BCUT2D eigenvalue weighted by molar-refractivity contribution is 5.78. The SMILES string of the molecule is Cc1ccc(CC(=O)N(C)C2CCC(C)CC2)cc1. The number of carbonyl (C=O) groups is 1. The molecule has 0 N–H and O–H groups in total. The minimum Gasteiger partial charge on any atom is -0.342 e. The maximum Gasteiger partial charge on any atom is 0.226 e. The molecule has 1 fully saturated rings. The van der Waals surface area contributed by atoms with E-state index < -0.39 is 0 Å². The molecule has 0 saturated heterocycles. The van der Waals surface area contributed by atoms with Gasteiger partial charge in [0.25, 0.3) is 0 Å². The third-order valence-electron chi connectivity index (χ3n) is 4.40. The lowest BCUT2D eigenvalue weighted by Crippen LogP contribution is -2.40. The maximum absolute atomic E-state index is 12.3. The second-order valence-electron chi connectivity index (χ2n) is 6.08. The first-order chi connectivity index (χ1) is 9.06. The summed E-state index contributed by atoms with van der Waals surface area (Å²) in [6, 6.07) is 8.72. The summed E-state index contributed by atoms with van der Waals surface area (Å²) in [5, 5.41) is 0. The molecule has 1 saturated carbocycles. The summed E-state index contributed by atoms with van der Waals surface area (Å²) in [5.41, 5.74) is 2.36. The first kappa shape index (κ1) is 14.1. The molecule has 0 atom stereocenters. The maximum atomic E-state index is 12.3. The molecule has 104 valence electrons. The Balaban J connectivity index is 1.90. The first-order valence-electron chi connectivity index (χ1n) is 7.37. The highest BCUT2D eigenvalue weighted by Gasteiger charge is 2.24. The van der Waals surface area contributed by atoms with Gasteiger partial charge in [-0.05, 0) is 44.1 Å². The van der Waals surface area contributed by atoms with E-state index in [2.05, 4.69) is 38.1 Å². The van der Waals surface area contributed by atoms with Crippen LogP contribution >= 0.6 is 0 Å². The van der Waals surface area contributed by atoms with Crippen molar-refractivity contribution in [3.8, 4) is 0 Å². The Kier molecular flexibility index (Phi) is 4.62. The average molecular weight is 259 g/mol. The fraction of sp³-hybridized carbons (Fsp3) is 0.588. The summed E-state index contributed by atoms with van der Waals surface area (Å²) in [6.45, 7) is 4.38. The Bertz CT molecular complexity index is 415.